The number of ketones is 1. The van der Waals surface area contributed by atoms with Gasteiger partial charge in [0, 0.05) is 20.0 Å². The maximum absolute atomic E-state index is 10.6. The van der Waals surface area contributed by atoms with E-state index >= 15 is 0 Å². The van der Waals surface area contributed by atoms with Gasteiger partial charge in [-0.15, -0.1) is 0 Å². The number of carbonyl (C=O) groups excluding carboxylic acids is 1. The molecule has 0 fully saturated rings. The van der Waals surface area contributed by atoms with E-state index in [2.05, 4.69) is 12.2 Å². The maximum Gasteiger partial charge on any atom is 0.132 e. The zero-order valence-corrected chi connectivity index (χ0v) is 7.11. The summed E-state index contributed by atoms with van der Waals surface area (Å²) in [7, 11) is 1.59. The van der Waals surface area contributed by atoms with Gasteiger partial charge in [-0.25, -0.2) is 0 Å². The van der Waals surface area contributed by atoms with E-state index < -0.39 is 0 Å². The third kappa shape index (κ3) is 4.58. The number of thiocarbonyl (C=S) groups is 1. The van der Waals surface area contributed by atoms with E-state index in [1.165, 1.54) is 0 Å². The second kappa shape index (κ2) is 5.50. The van der Waals surface area contributed by atoms with E-state index in [1.54, 1.807) is 19.4 Å². The molecule has 58 valence electrons. The van der Waals surface area contributed by atoms with Crippen LogP contribution in [0.25, 0.3) is 0 Å². The van der Waals surface area contributed by atoms with Crippen molar-refractivity contribution < 1.29 is 9.53 Å². The molecule has 0 radical (unpaired) electrons. The molecule has 3 heteroatoms. The highest BCUT2D eigenvalue weighted by atomic mass is 32.1. The minimum Gasteiger partial charge on any atom is -0.381 e. The van der Waals surface area contributed by atoms with E-state index in [1.807, 2.05) is 0 Å². The average molecular weight is 160 g/mol. The van der Waals surface area contributed by atoms with Gasteiger partial charge in [0.2, 0.25) is 0 Å². The number of ether oxygens (including phenoxy) is 1. The lowest BCUT2D eigenvalue weighted by Crippen LogP contribution is -2.14. The average Bonchev–Trinajstić information content (AvgIpc) is 1.86. The minimum atomic E-state index is -0.0185. The van der Waals surface area contributed by atoms with Crippen LogP contribution >= 0.6 is 12.2 Å². The summed E-state index contributed by atoms with van der Waals surface area (Å²) in [6.45, 7) is 1.55. The van der Waals surface area contributed by atoms with Crippen molar-refractivity contribution in [1.82, 2.24) is 0 Å². The van der Waals surface area contributed by atoms with Crippen LogP contribution in [0.2, 0.25) is 0 Å². The Kier molecular flexibility index (Phi) is 5.35. The molecule has 0 spiro atoms. The lowest BCUT2D eigenvalue weighted by atomic mass is 10.1. The molecule has 0 aromatic rings. The number of hydrogen-bond acceptors (Lipinski definition) is 3. The predicted octanol–water partition coefficient (Wildman–Crippen LogP) is 1.37. The van der Waals surface area contributed by atoms with Gasteiger partial charge in [0.1, 0.15) is 5.78 Å². The predicted molar refractivity (Wildman–Crippen MR) is 44.4 cm³/mol. The molecule has 0 heterocycles. The summed E-state index contributed by atoms with van der Waals surface area (Å²) in [4.78, 5) is 10.6. The van der Waals surface area contributed by atoms with Gasteiger partial charge in [-0.1, -0.05) is 12.2 Å². The molecule has 0 bridgehead atoms. The standard InChI is InChI=1S/C7H12O2S/c1-6(8)5-7(9-2)3-4-10/h4,7H,3,5H2,1-2H3. The van der Waals surface area contributed by atoms with Gasteiger partial charge in [0.05, 0.1) is 6.10 Å². The first kappa shape index (κ1) is 9.72. The van der Waals surface area contributed by atoms with Crippen molar-refractivity contribution in [1.29, 1.82) is 0 Å². The summed E-state index contributed by atoms with van der Waals surface area (Å²) in [5, 5.41) is 1.59. The van der Waals surface area contributed by atoms with Crippen LogP contribution in [0, 0.1) is 0 Å². The Bertz CT molecular complexity index is 123. The molecule has 0 aliphatic rings. The summed E-state index contributed by atoms with van der Waals surface area (Å²) in [5.74, 6) is 0.142. The number of rotatable bonds is 5. The van der Waals surface area contributed by atoms with Crippen molar-refractivity contribution in [2.75, 3.05) is 7.11 Å². The Morgan fingerprint density at radius 2 is 2.40 bits per heavy atom. The second-order valence-corrected chi connectivity index (χ2v) is 2.50. The topological polar surface area (TPSA) is 26.3 Å². The first-order chi connectivity index (χ1) is 4.70. The van der Waals surface area contributed by atoms with Crippen LogP contribution < -0.4 is 0 Å². The van der Waals surface area contributed by atoms with Crippen LogP contribution in [-0.2, 0) is 9.53 Å². The largest absolute Gasteiger partial charge is 0.381 e. The zero-order valence-electron chi connectivity index (χ0n) is 6.29. The van der Waals surface area contributed by atoms with Crippen molar-refractivity contribution >= 4 is 23.4 Å². The minimum absolute atomic E-state index is 0.0185. The van der Waals surface area contributed by atoms with Crippen LogP contribution in [0.5, 0.6) is 0 Å². The lowest BCUT2D eigenvalue weighted by Gasteiger charge is -2.09. The van der Waals surface area contributed by atoms with E-state index in [0.29, 0.717) is 12.8 Å². The van der Waals surface area contributed by atoms with E-state index in [4.69, 9.17) is 4.74 Å². The molecule has 0 rings (SSSR count). The molecule has 0 saturated carbocycles. The molecule has 0 aliphatic carbocycles. The molecular weight excluding hydrogens is 148 g/mol. The van der Waals surface area contributed by atoms with Gasteiger partial charge >= 0.3 is 0 Å². The highest BCUT2D eigenvalue weighted by molar-refractivity contribution is 7.78. The molecule has 0 aromatic heterocycles. The van der Waals surface area contributed by atoms with Crippen molar-refractivity contribution in [2.24, 2.45) is 0 Å². The Labute approximate surface area is 66.6 Å². The molecule has 10 heavy (non-hydrogen) atoms. The Hall–Kier alpha value is -0.280. The molecule has 1 atom stereocenters. The summed E-state index contributed by atoms with van der Waals surface area (Å²) in [5.41, 5.74) is 0. The van der Waals surface area contributed by atoms with Crippen molar-refractivity contribution in [3.63, 3.8) is 0 Å². The summed E-state index contributed by atoms with van der Waals surface area (Å²) < 4.78 is 4.98. The van der Waals surface area contributed by atoms with Crippen LogP contribution in [0.3, 0.4) is 0 Å². The number of hydrogen-bond donors (Lipinski definition) is 0. The molecule has 0 aliphatic heterocycles. The quantitative estimate of drug-likeness (QED) is 0.568. The molecule has 0 amide bonds. The molecule has 2 nitrogen and oxygen atoms in total. The van der Waals surface area contributed by atoms with Gasteiger partial charge < -0.3 is 4.74 Å². The fourth-order valence-corrected chi connectivity index (χ4v) is 0.905. The first-order valence-electron chi connectivity index (χ1n) is 3.16. The van der Waals surface area contributed by atoms with Crippen molar-refractivity contribution in [3.05, 3.63) is 0 Å². The first-order valence-corrected chi connectivity index (χ1v) is 3.63. The summed E-state index contributed by atoms with van der Waals surface area (Å²) in [6.07, 6.45) is 1.12. The Morgan fingerprint density at radius 3 is 2.70 bits per heavy atom. The van der Waals surface area contributed by atoms with Gasteiger partial charge in [-0.3, -0.25) is 4.79 Å². The van der Waals surface area contributed by atoms with Crippen LogP contribution in [0.4, 0.5) is 0 Å². The van der Waals surface area contributed by atoms with Crippen LogP contribution in [0.1, 0.15) is 19.8 Å². The van der Waals surface area contributed by atoms with Gasteiger partial charge in [0.25, 0.3) is 0 Å². The van der Waals surface area contributed by atoms with Gasteiger partial charge in [-0.05, 0) is 12.3 Å². The Morgan fingerprint density at radius 1 is 1.80 bits per heavy atom. The Balaban J connectivity index is 3.59. The van der Waals surface area contributed by atoms with E-state index in [9.17, 15) is 4.79 Å². The fraction of sp³-hybridized carbons (Fsp3) is 0.714. The van der Waals surface area contributed by atoms with Crippen LogP contribution in [0.15, 0.2) is 0 Å². The highest BCUT2D eigenvalue weighted by Gasteiger charge is 2.07. The van der Waals surface area contributed by atoms with Crippen molar-refractivity contribution in [2.45, 2.75) is 25.9 Å². The lowest BCUT2D eigenvalue weighted by molar-refractivity contribution is -0.119. The van der Waals surface area contributed by atoms with Crippen molar-refractivity contribution in [3.8, 4) is 0 Å². The number of Topliss-reactive ketones (excluding diaryl/α,β-unsaturated/α-hetero) is 1. The number of methoxy groups -OCH3 is 1. The monoisotopic (exact) mass is 160 g/mol. The second-order valence-electron chi connectivity index (χ2n) is 2.17. The van der Waals surface area contributed by atoms with Gasteiger partial charge in [0.15, 0.2) is 0 Å². The highest BCUT2D eigenvalue weighted by Crippen LogP contribution is 2.01. The van der Waals surface area contributed by atoms with Gasteiger partial charge in [-0.2, -0.15) is 0 Å². The smallest absolute Gasteiger partial charge is 0.132 e. The SMILES string of the molecule is COC(CC=S)CC(C)=O. The molecule has 0 aromatic carbocycles. The maximum atomic E-state index is 10.6. The molecule has 0 N–H and O–H groups in total. The van der Waals surface area contributed by atoms with E-state index in [0.717, 1.165) is 0 Å². The summed E-state index contributed by atoms with van der Waals surface area (Å²) >= 11 is 4.63. The zero-order chi connectivity index (χ0) is 7.98. The normalized spacial score (nSPS) is 12.6. The summed E-state index contributed by atoms with van der Waals surface area (Å²) in [6, 6.07) is 0. The third-order valence-corrected chi connectivity index (χ3v) is 1.40. The molecule has 0 saturated heterocycles. The van der Waals surface area contributed by atoms with Crippen LogP contribution in [-0.4, -0.2) is 24.4 Å². The molecule has 1 unspecified atom stereocenters. The fourth-order valence-electron chi connectivity index (χ4n) is 0.691. The number of carbonyl (C=O) groups is 1. The third-order valence-electron chi connectivity index (χ3n) is 1.21. The van der Waals surface area contributed by atoms with E-state index in [-0.39, 0.29) is 11.9 Å². The molecular formula is C7H12O2S.